The summed E-state index contributed by atoms with van der Waals surface area (Å²) in [4.78, 5) is 13.7. The van der Waals surface area contributed by atoms with Crippen molar-refractivity contribution in [1.82, 2.24) is 5.32 Å². The SMILES string of the molecule is Cc1ccc(S[C@@H](C)C(=O)N[C@H](C)c2ccc3c(c2)CCCC3)cc1. The number of nitrogens with one attached hydrogen (secondary N) is 1. The first-order chi connectivity index (χ1) is 12.0. The van der Waals surface area contributed by atoms with Gasteiger partial charge in [-0.3, -0.25) is 4.79 Å². The molecule has 0 aromatic heterocycles. The number of benzene rings is 2. The molecule has 132 valence electrons. The van der Waals surface area contributed by atoms with Crippen LogP contribution >= 0.6 is 11.8 Å². The van der Waals surface area contributed by atoms with Crippen LogP contribution in [0.25, 0.3) is 0 Å². The van der Waals surface area contributed by atoms with Crippen LogP contribution in [0.3, 0.4) is 0 Å². The average Bonchev–Trinajstić information content (AvgIpc) is 2.63. The van der Waals surface area contributed by atoms with Crippen molar-refractivity contribution in [2.75, 3.05) is 0 Å². The third kappa shape index (κ3) is 4.66. The van der Waals surface area contributed by atoms with Gasteiger partial charge in [0.2, 0.25) is 5.91 Å². The Morgan fingerprint density at radius 1 is 1.00 bits per heavy atom. The normalized spacial score (nSPS) is 16.0. The molecule has 0 saturated carbocycles. The molecule has 0 radical (unpaired) electrons. The topological polar surface area (TPSA) is 29.1 Å². The van der Waals surface area contributed by atoms with Gasteiger partial charge in [-0.2, -0.15) is 0 Å². The van der Waals surface area contributed by atoms with Gasteiger partial charge in [0.25, 0.3) is 0 Å². The number of carbonyl (C=O) groups excluding carboxylic acids is 1. The summed E-state index contributed by atoms with van der Waals surface area (Å²) in [5, 5.41) is 3.07. The summed E-state index contributed by atoms with van der Waals surface area (Å²) in [5.41, 5.74) is 5.40. The third-order valence-corrected chi connectivity index (χ3v) is 6.05. The third-order valence-electron chi connectivity index (χ3n) is 4.93. The molecule has 3 heteroatoms. The van der Waals surface area contributed by atoms with Gasteiger partial charge >= 0.3 is 0 Å². The maximum absolute atomic E-state index is 12.6. The van der Waals surface area contributed by atoms with Crippen molar-refractivity contribution in [3.63, 3.8) is 0 Å². The van der Waals surface area contributed by atoms with Crippen LogP contribution in [-0.4, -0.2) is 11.2 Å². The fraction of sp³-hybridized carbons (Fsp3) is 0.409. The highest BCUT2D eigenvalue weighted by Gasteiger charge is 2.18. The van der Waals surface area contributed by atoms with E-state index in [1.165, 1.54) is 47.9 Å². The highest BCUT2D eigenvalue weighted by molar-refractivity contribution is 8.00. The monoisotopic (exact) mass is 353 g/mol. The molecule has 3 rings (SSSR count). The number of carbonyl (C=O) groups is 1. The molecular formula is C22H27NOS. The minimum atomic E-state index is -0.109. The molecular weight excluding hydrogens is 326 g/mol. The van der Waals surface area contributed by atoms with Gasteiger partial charge in [-0.05, 0) is 75.3 Å². The summed E-state index contributed by atoms with van der Waals surface area (Å²) in [6, 6.07) is 15.1. The average molecular weight is 354 g/mol. The van der Waals surface area contributed by atoms with Crippen molar-refractivity contribution in [2.24, 2.45) is 0 Å². The van der Waals surface area contributed by atoms with Crippen molar-refractivity contribution < 1.29 is 4.79 Å². The van der Waals surface area contributed by atoms with Crippen molar-refractivity contribution in [3.05, 3.63) is 64.7 Å². The van der Waals surface area contributed by atoms with Crippen LogP contribution in [0.15, 0.2) is 47.4 Å². The number of rotatable bonds is 5. The Kier molecular flexibility index (Phi) is 5.85. The lowest BCUT2D eigenvalue weighted by Gasteiger charge is -2.21. The summed E-state index contributed by atoms with van der Waals surface area (Å²) in [7, 11) is 0. The number of thioether (sulfide) groups is 1. The maximum atomic E-state index is 12.6. The molecule has 2 atom stereocenters. The maximum Gasteiger partial charge on any atom is 0.233 e. The fourth-order valence-electron chi connectivity index (χ4n) is 3.31. The molecule has 1 aliphatic rings. The van der Waals surface area contributed by atoms with E-state index < -0.39 is 0 Å². The van der Waals surface area contributed by atoms with Gasteiger partial charge in [-0.1, -0.05) is 35.9 Å². The highest BCUT2D eigenvalue weighted by Crippen LogP contribution is 2.26. The lowest BCUT2D eigenvalue weighted by Crippen LogP contribution is -2.33. The summed E-state index contributed by atoms with van der Waals surface area (Å²) < 4.78 is 0. The minimum absolute atomic E-state index is 0.0424. The smallest absolute Gasteiger partial charge is 0.233 e. The van der Waals surface area contributed by atoms with E-state index in [1.807, 2.05) is 6.92 Å². The molecule has 0 heterocycles. The zero-order valence-corrected chi connectivity index (χ0v) is 16.2. The molecule has 0 unspecified atom stereocenters. The Labute approximate surface area is 155 Å². The Morgan fingerprint density at radius 2 is 1.68 bits per heavy atom. The van der Waals surface area contributed by atoms with E-state index in [4.69, 9.17) is 0 Å². The molecule has 0 bridgehead atoms. The minimum Gasteiger partial charge on any atom is -0.349 e. The summed E-state index contributed by atoms with van der Waals surface area (Å²) in [6.07, 6.45) is 4.94. The first kappa shape index (κ1) is 18.1. The molecule has 0 fully saturated rings. The summed E-state index contributed by atoms with van der Waals surface area (Å²) >= 11 is 1.61. The number of fused-ring (bicyclic) bond motifs is 1. The van der Waals surface area contributed by atoms with Crippen molar-refractivity contribution in [3.8, 4) is 0 Å². The number of amides is 1. The predicted octanol–water partition coefficient (Wildman–Crippen LogP) is 5.23. The largest absolute Gasteiger partial charge is 0.349 e. The van der Waals surface area contributed by atoms with Crippen LogP contribution < -0.4 is 5.32 Å². The van der Waals surface area contributed by atoms with Crippen molar-refractivity contribution in [1.29, 1.82) is 0 Å². The van der Waals surface area contributed by atoms with E-state index in [0.29, 0.717) is 0 Å². The second-order valence-electron chi connectivity index (χ2n) is 7.04. The van der Waals surface area contributed by atoms with Gasteiger partial charge in [0.05, 0.1) is 11.3 Å². The molecule has 0 spiro atoms. The Balaban J connectivity index is 1.60. The second kappa shape index (κ2) is 8.09. The summed E-state index contributed by atoms with van der Waals surface area (Å²) in [5.74, 6) is 0.0933. The first-order valence-corrected chi connectivity index (χ1v) is 10.1. The van der Waals surface area contributed by atoms with E-state index in [0.717, 1.165) is 4.90 Å². The van der Waals surface area contributed by atoms with E-state index >= 15 is 0 Å². The lowest BCUT2D eigenvalue weighted by atomic mass is 9.89. The zero-order chi connectivity index (χ0) is 17.8. The van der Waals surface area contributed by atoms with Crippen LogP contribution in [-0.2, 0) is 17.6 Å². The zero-order valence-electron chi connectivity index (χ0n) is 15.3. The Bertz CT molecular complexity index is 738. The predicted molar refractivity (Wildman–Crippen MR) is 106 cm³/mol. The molecule has 1 amide bonds. The van der Waals surface area contributed by atoms with E-state index in [-0.39, 0.29) is 17.2 Å². The van der Waals surface area contributed by atoms with E-state index in [1.54, 1.807) is 11.8 Å². The Hall–Kier alpha value is -1.74. The number of hydrogen-bond donors (Lipinski definition) is 1. The molecule has 25 heavy (non-hydrogen) atoms. The molecule has 2 nitrogen and oxygen atoms in total. The first-order valence-electron chi connectivity index (χ1n) is 9.18. The van der Waals surface area contributed by atoms with E-state index in [2.05, 4.69) is 61.6 Å². The molecule has 1 aliphatic carbocycles. The molecule has 1 N–H and O–H groups in total. The van der Waals surface area contributed by atoms with Crippen LogP contribution in [0, 0.1) is 6.92 Å². The van der Waals surface area contributed by atoms with Gasteiger partial charge < -0.3 is 5.32 Å². The van der Waals surface area contributed by atoms with Gasteiger partial charge in [-0.15, -0.1) is 11.8 Å². The Morgan fingerprint density at radius 3 is 2.40 bits per heavy atom. The lowest BCUT2D eigenvalue weighted by molar-refractivity contribution is -0.120. The molecule has 0 saturated heterocycles. The van der Waals surface area contributed by atoms with Crippen molar-refractivity contribution in [2.45, 2.75) is 62.6 Å². The quantitative estimate of drug-likeness (QED) is 0.746. The molecule has 2 aromatic carbocycles. The second-order valence-corrected chi connectivity index (χ2v) is 8.45. The van der Waals surface area contributed by atoms with Crippen molar-refractivity contribution >= 4 is 17.7 Å². The standard InChI is InChI=1S/C22H27NOS/c1-15-8-12-21(13-9-15)25-17(3)22(24)23-16(2)19-11-10-18-6-4-5-7-20(18)14-19/h8-14,16-17H,4-7H2,1-3H3,(H,23,24)/t16-,17+/m1/s1. The van der Waals surface area contributed by atoms with Crippen LogP contribution in [0.1, 0.15) is 55.0 Å². The van der Waals surface area contributed by atoms with Gasteiger partial charge in [0, 0.05) is 4.90 Å². The van der Waals surface area contributed by atoms with Gasteiger partial charge in [0.1, 0.15) is 0 Å². The van der Waals surface area contributed by atoms with Gasteiger partial charge in [-0.25, -0.2) is 0 Å². The van der Waals surface area contributed by atoms with Crippen LogP contribution in [0.2, 0.25) is 0 Å². The highest BCUT2D eigenvalue weighted by atomic mass is 32.2. The van der Waals surface area contributed by atoms with E-state index in [9.17, 15) is 4.79 Å². The number of aryl methyl sites for hydroxylation is 3. The van der Waals surface area contributed by atoms with Crippen LogP contribution in [0.4, 0.5) is 0 Å². The van der Waals surface area contributed by atoms with Crippen LogP contribution in [0.5, 0.6) is 0 Å². The number of hydrogen-bond acceptors (Lipinski definition) is 2. The van der Waals surface area contributed by atoms with Gasteiger partial charge in [0.15, 0.2) is 0 Å². The summed E-state index contributed by atoms with van der Waals surface area (Å²) in [6.45, 7) is 6.12. The fourth-order valence-corrected chi connectivity index (χ4v) is 4.19. The molecule has 0 aliphatic heterocycles. The molecule has 2 aromatic rings.